The molecular weight excluding hydrogens is 224 g/mol. The lowest BCUT2D eigenvalue weighted by molar-refractivity contribution is 0.167. The van der Waals surface area contributed by atoms with E-state index >= 15 is 0 Å². The second-order valence-corrected chi connectivity index (χ2v) is 3.41. The molecule has 0 saturated carbocycles. The Labute approximate surface area is 99.1 Å². The van der Waals surface area contributed by atoms with Gasteiger partial charge in [0.1, 0.15) is 5.75 Å². The van der Waals surface area contributed by atoms with E-state index in [1.807, 2.05) is 0 Å². The number of carbonyl (C=O) groups excluding carboxylic acids is 1. The maximum Gasteiger partial charge on any atom is 0.322 e. The number of aliphatic hydroxyl groups excluding tert-OH is 2. The van der Waals surface area contributed by atoms with Crippen molar-refractivity contribution in [3.05, 3.63) is 24.3 Å². The molecule has 0 atom stereocenters. The minimum absolute atomic E-state index is 0.0543. The van der Waals surface area contributed by atoms with Crippen molar-refractivity contribution in [2.24, 2.45) is 0 Å². The normalized spacial score (nSPS) is 10.0. The van der Waals surface area contributed by atoms with Crippen LogP contribution in [0.15, 0.2) is 24.3 Å². The van der Waals surface area contributed by atoms with Gasteiger partial charge in [0, 0.05) is 24.8 Å². The van der Waals surface area contributed by atoms with Gasteiger partial charge in [-0.3, -0.25) is 0 Å². The van der Waals surface area contributed by atoms with Crippen molar-refractivity contribution in [1.29, 1.82) is 0 Å². The minimum atomic E-state index is -0.432. The number of carbonyl (C=O) groups is 1. The summed E-state index contributed by atoms with van der Waals surface area (Å²) in [7, 11) is 0. The lowest BCUT2D eigenvalue weighted by Crippen LogP contribution is -2.38. The zero-order valence-electron chi connectivity index (χ0n) is 9.33. The first-order chi connectivity index (χ1) is 8.17. The highest BCUT2D eigenvalue weighted by Gasteiger charge is 2.12. The Balaban J connectivity index is 2.62. The number of anilines is 1. The number of nitrogens with one attached hydrogen (secondary N) is 1. The number of hydrogen-bond donors (Lipinski definition) is 4. The Morgan fingerprint density at radius 1 is 1.24 bits per heavy atom. The van der Waals surface area contributed by atoms with Crippen molar-refractivity contribution in [1.82, 2.24) is 4.90 Å². The summed E-state index contributed by atoms with van der Waals surface area (Å²) in [6, 6.07) is 5.71. The largest absolute Gasteiger partial charge is 0.508 e. The molecule has 0 bridgehead atoms. The summed E-state index contributed by atoms with van der Waals surface area (Å²) in [5, 5.41) is 29.3. The van der Waals surface area contributed by atoms with Crippen LogP contribution in [0.25, 0.3) is 0 Å². The SMILES string of the molecule is O=C(Nc1cccc(O)c1)N(CCO)CCO. The van der Waals surface area contributed by atoms with Crippen LogP contribution in [0.4, 0.5) is 10.5 Å². The summed E-state index contributed by atoms with van der Waals surface area (Å²) in [6.45, 7) is -0.0582. The fourth-order valence-corrected chi connectivity index (χ4v) is 1.34. The first-order valence-electron chi connectivity index (χ1n) is 5.24. The fourth-order valence-electron chi connectivity index (χ4n) is 1.34. The number of urea groups is 1. The highest BCUT2D eigenvalue weighted by molar-refractivity contribution is 5.89. The Morgan fingerprint density at radius 2 is 1.88 bits per heavy atom. The molecule has 0 saturated heterocycles. The summed E-state index contributed by atoms with van der Waals surface area (Å²) < 4.78 is 0. The van der Waals surface area contributed by atoms with Crippen molar-refractivity contribution < 1.29 is 20.1 Å². The molecule has 0 aromatic heterocycles. The molecule has 0 spiro atoms. The third-order valence-electron chi connectivity index (χ3n) is 2.12. The highest BCUT2D eigenvalue weighted by Crippen LogP contribution is 2.15. The number of rotatable bonds is 5. The van der Waals surface area contributed by atoms with Crippen LogP contribution in [-0.2, 0) is 0 Å². The smallest absolute Gasteiger partial charge is 0.322 e. The van der Waals surface area contributed by atoms with Gasteiger partial charge >= 0.3 is 6.03 Å². The number of amides is 2. The maximum atomic E-state index is 11.7. The Bertz CT molecular complexity index is 364. The van der Waals surface area contributed by atoms with Crippen LogP contribution in [0, 0.1) is 0 Å². The van der Waals surface area contributed by atoms with Gasteiger partial charge in [-0.05, 0) is 12.1 Å². The molecule has 6 nitrogen and oxygen atoms in total. The molecule has 2 amide bonds. The van der Waals surface area contributed by atoms with E-state index in [1.165, 1.54) is 17.0 Å². The number of phenolic OH excluding ortho intramolecular Hbond substituents is 1. The van der Waals surface area contributed by atoms with Crippen molar-refractivity contribution in [3.63, 3.8) is 0 Å². The monoisotopic (exact) mass is 240 g/mol. The quantitative estimate of drug-likeness (QED) is 0.592. The van der Waals surface area contributed by atoms with Crippen LogP contribution < -0.4 is 5.32 Å². The fraction of sp³-hybridized carbons (Fsp3) is 0.364. The molecule has 0 radical (unpaired) electrons. The Morgan fingerprint density at radius 3 is 2.41 bits per heavy atom. The average Bonchev–Trinajstić information content (AvgIpc) is 2.28. The van der Waals surface area contributed by atoms with Gasteiger partial charge < -0.3 is 25.5 Å². The molecule has 0 unspecified atom stereocenters. The molecule has 1 rings (SSSR count). The number of aromatic hydroxyl groups is 1. The predicted molar refractivity (Wildman–Crippen MR) is 62.9 cm³/mol. The molecule has 1 aromatic carbocycles. The van der Waals surface area contributed by atoms with Gasteiger partial charge in [-0.1, -0.05) is 6.07 Å². The molecule has 17 heavy (non-hydrogen) atoms. The molecule has 1 aromatic rings. The van der Waals surface area contributed by atoms with Crippen LogP contribution in [0.5, 0.6) is 5.75 Å². The van der Waals surface area contributed by atoms with E-state index < -0.39 is 6.03 Å². The number of nitrogens with zero attached hydrogens (tertiary/aromatic N) is 1. The zero-order chi connectivity index (χ0) is 12.7. The lowest BCUT2D eigenvalue weighted by atomic mass is 10.3. The van der Waals surface area contributed by atoms with E-state index in [-0.39, 0.29) is 32.1 Å². The zero-order valence-corrected chi connectivity index (χ0v) is 9.33. The Kier molecular flexibility index (Phi) is 5.25. The van der Waals surface area contributed by atoms with E-state index in [0.29, 0.717) is 5.69 Å². The molecule has 0 aliphatic carbocycles. The van der Waals surface area contributed by atoms with Gasteiger partial charge in [0.05, 0.1) is 13.2 Å². The molecule has 94 valence electrons. The average molecular weight is 240 g/mol. The third-order valence-corrected chi connectivity index (χ3v) is 2.12. The second-order valence-electron chi connectivity index (χ2n) is 3.41. The first kappa shape index (κ1) is 13.3. The van der Waals surface area contributed by atoms with Crippen LogP contribution in [-0.4, -0.2) is 52.6 Å². The molecular formula is C11H16N2O4. The van der Waals surface area contributed by atoms with E-state index in [9.17, 15) is 9.90 Å². The number of benzene rings is 1. The van der Waals surface area contributed by atoms with E-state index in [2.05, 4.69) is 5.32 Å². The number of aliphatic hydroxyl groups is 2. The van der Waals surface area contributed by atoms with Crippen LogP contribution in [0.3, 0.4) is 0 Å². The van der Waals surface area contributed by atoms with Gasteiger partial charge in [-0.15, -0.1) is 0 Å². The maximum absolute atomic E-state index is 11.7. The molecule has 0 heterocycles. The van der Waals surface area contributed by atoms with Crippen LogP contribution in [0.2, 0.25) is 0 Å². The van der Waals surface area contributed by atoms with Crippen LogP contribution in [0.1, 0.15) is 0 Å². The molecule has 6 heteroatoms. The topological polar surface area (TPSA) is 93.0 Å². The summed E-state index contributed by atoms with van der Waals surface area (Å²) >= 11 is 0. The van der Waals surface area contributed by atoms with E-state index in [0.717, 1.165) is 0 Å². The summed E-state index contributed by atoms with van der Waals surface area (Å²) in [5.74, 6) is 0.0543. The minimum Gasteiger partial charge on any atom is -0.508 e. The number of hydrogen-bond acceptors (Lipinski definition) is 4. The standard InChI is InChI=1S/C11H16N2O4/c14-6-4-13(5-7-15)11(17)12-9-2-1-3-10(16)8-9/h1-3,8,14-16H,4-7H2,(H,12,17). The number of phenols is 1. The third kappa shape index (κ3) is 4.29. The summed E-state index contributed by atoms with van der Waals surface area (Å²) in [5.41, 5.74) is 0.455. The molecule has 4 N–H and O–H groups in total. The van der Waals surface area contributed by atoms with Gasteiger partial charge in [-0.2, -0.15) is 0 Å². The van der Waals surface area contributed by atoms with Gasteiger partial charge in [0.15, 0.2) is 0 Å². The van der Waals surface area contributed by atoms with Crippen molar-refractivity contribution in [2.75, 3.05) is 31.6 Å². The summed E-state index contributed by atoms with van der Waals surface area (Å²) in [4.78, 5) is 13.0. The van der Waals surface area contributed by atoms with Crippen molar-refractivity contribution >= 4 is 11.7 Å². The predicted octanol–water partition coefficient (Wildman–Crippen LogP) is 0.211. The molecule has 0 aliphatic rings. The molecule has 0 aliphatic heterocycles. The summed E-state index contributed by atoms with van der Waals surface area (Å²) in [6.07, 6.45) is 0. The van der Waals surface area contributed by atoms with Crippen molar-refractivity contribution in [2.45, 2.75) is 0 Å². The lowest BCUT2D eigenvalue weighted by Gasteiger charge is -2.21. The second kappa shape index (κ2) is 6.72. The van der Waals surface area contributed by atoms with Gasteiger partial charge in [0.25, 0.3) is 0 Å². The molecule has 0 fully saturated rings. The van der Waals surface area contributed by atoms with Crippen LogP contribution >= 0.6 is 0 Å². The van der Waals surface area contributed by atoms with Gasteiger partial charge in [-0.25, -0.2) is 4.79 Å². The highest BCUT2D eigenvalue weighted by atomic mass is 16.3. The Hall–Kier alpha value is -1.79. The van der Waals surface area contributed by atoms with E-state index in [4.69, 9.17) is 10.2 Å². The van der Waals surface area contributed by atoms with Crippen molar-refractivity contribution in [3.8, 4) is 5.75 Å². The van der Waals surface area contributed by atoms with E-state index in [1.54, 1.807) is 12.1 Å². The van der Waals surface area contributed by atoms with Gasteiger partial charge in [0.2, 0.25) is 0 Å². The first-order valence-corrected chi connectivity index (χ1v) is 5.24.